The quantitative estimate of drug-likeness (QED) is 0.770. The topological polar surface area (TPSA) is 50.6 Å². The van der Waals surface area contributed by atoms with Gasteiger partial charge in [-0.25, -0.2) is 13.1 Å². The van der Waals surface area contributed by atoms with Gasteiger partial charge in [-0.15, -0.1) is 0 Å². The summed E-state index contributed by atoms with van der Waals surface area (Å²) in [6, 6.07) is 5.28. The SMILES string of the molecule is CC[NH+](CC)CCNS(=O)(=O)c1cc(Br)ccc1C. The molecule has 0 unspecified atom stereocenters. The van der Waals surface area contributed by atoms with Crippen LogP contribution in [-0.2, 0) is 10.0 Å². The number of aryl methyl sites for hydroxylation is 1. The molecule has 0 spiro atoms. The molecule has 0 amide bonds. The Hall–Kier alpha value is -0.430. The molecule has 0 saturated carbocycles. The Balaban J connectivity index is 2.73. The molecule has 1 aromatic rings. The van der Waals surface area contributed by atoms with Crippen molar-refractivity contribution in [1.82, 2.24) is 4.72 Å². The van der Waals surface area contributed by atoms with Crippen LogP contribution in [0.15, 0.2) is 27.6 Å². The minimum atomic E-state index is -3.42. The highest BCUT2D eigenvalue weighted by Gasteiger charge is 2.17. The summed E-state index contributed by atoms with van der Waals surface area (Å²) in [6.07, 6.45) is 0. The molecule has 0 atom stereocenters. The third-order valence-corrected chi connectivity index (χ3v) is 5.31. The first kappa shape index (κ1) is 16.6. The molecule has 0 aliphatic heterocycles. The van der Waals surface area contributed by atoms with Gasteiger partial charge in [0.25, 0.3) is 0 Å². The summed E-state index contributed by atoms with van der Waals surface area (Å²) in [5, 5.41) is 0. The molecule has 0 saturated heterocycles. The van der Waals surface area contributed by atoms with Gasteiger partial charge in [0, 0.05) is 4.47 Å². The third kappa shape index (κ3) is 4.87. The van der Waals surface area contributed by atoms with Gasteiger partial charge in [-0.2, -0.15) is 0 Å². The minimum absolute atomic E-state index is 0.344. The first-order chi connectivity index (χ1) is 8.90. The fraction of sp³-hybridized carbons (Fsp3) is 0.538. The highest BCUT2D eigenvalue weighted by atomic mass is 79.9. The maximum absolute atomic E-state index is 12.2. The van der Waals surface area contributed by atoms with Crippen LogP contribution in [0.3, 0.4) is 0 Å². The van der Waals surface area contributed by atoms with Gasteiger partial charge in [-0.3, -0.25) is 0 Å². The van der Waals surface area contributed by atoms with Crippen LogP contribution in [0, 0.1) is 6.92 Å². The number of rotatable bonds is 7. The van der Waals surface area contributed by atoms with Crippen LogP contribution in [0.2, 0.25) is 0 Å². The number of hydrogen-bond acceptors (Lipinski definition) is 2. The summed E-state index contributed by atoms with van der Waals surface area (Å²) in [6.45, 7) is 9.29. The predicted molar refractivity (Wildman–Crippen MR) is 81.0 cm³/mol. The van der Waals surface area contributed by atoms with E-state index < -0.39 is 10.0 Å². The van der Waals surface area contributed by atoms with Gasteiger partial charge < -0.3 is 4.90 Å². The molecule has 1 aromatic carbocycles. The van der Waals surface area contributed by atoms with E-state index in [-0.39, 0.29) is 0 Å². The van der Waals surface area contributed by atoms with Crippen LogP contribution in [0.1, 0.15) is 19.4 Å². The zero-order valence-corrected chi connectivity index (χ0v) is 14.1. The summed E-state index contributed by atoms with van der Waals surface area (Å²) in [4.78, 5) is 1.73. The van der Waals surface area contributed by atoms with Crippen molar-refractivity contribution in [3.05, 3.63) is 28.2 Å². The molecule has 0 aliphatic rings. The van der Waals surface area contributed by atoms with Gasteiger partial charge in [0.2, 0.25) is 10.0 Å². The number of quaternary nitrogens is 1. The molecule has 2 N–H and O–H groups in total. The number of sulfonamides is 1. The summed E-state index contributed by atoms with van der Waals surface area (Å²) in [7, 11) is -3.42. The normalized spacial score (nSPS) is 12.1. The molecule has 6 heteroatoms. The molecule has 0 heterocycles. The average Bonchev–Trinajstić information content (AvgIpc) is 2.37. The van der Waals surface area contributed by atoms with Crippen LogP contribution in [0.25, 0.3) is 0 Å². The first-order valence-electron chi connectivity index (χ1n) is 6.50. The lowest BCUT2D eigenvalue weighted by Crippen LogP contribution is -3.12. The minimum Gasteiger partial charge on any atom is -0.334 e. The fourth-order valence-corrected chi connectivity index (χ4v) is 3.72. The van der Waals surface area contributed by atoms with Crippen molar-refractivity contribution in [2.75, 3.05) is 26.2 Å². The third-order valence-electron chi connectivity index (χ3n) is 3.21. The molecule has 19 heavy (non-hydrogen) atoms. The number of likely N-dealkylation sites (N-methyl/N-ethyl adjacent to an activating group) is 1. The number of hydrogen-bond donors (Lipinski definition) is 2. The molecular formula is C13H22BrN2O2S+. The van der Waals surface area contributed by atoms with E-state index in [4.69, 9.17) is 0 Å². The van der Waals surface area contributed by atoms with Crippen molar-refractivity contribution in [1.29, 1.82) is 0 Å². The second kappa shape index (κ2) is 7.38. The summed E-state index contributed by atoms with van der Waals surface area (Å²) >= 11 is 3.31. The maximum Gasteiger partial charge on any atom is 0.241 e. The van der Waals surface area contributed by atoms with E-state index in [1.165, 1.54) is 4.90 Å². The first-order valence-corrected chi connectivity index (χ1v) is 8.77. The number of nitrogens with one attached hydrogen (secondary N) is 2. The van der Waals surface area contributed by atoms with Gasteiger partial charge in [-0.1, -0.05) is 22.0 Å². The largest absolute Gasteiger partial charge is 0.334 e. The van der Waals surface area contributed by atoms with E-state index in [1.807, 2.05) is 6.07 Å². The standard InChI is InChI=1S/C13H21BrN2O2S/c1-4-16(5-2)9-8-15-19(17,18)13-10-12(14)7-6-11(13)3/h6-7,10,15H,4-5,8-9H2,1-3H3/p+1. The molecular weight excluding hydrogens is 328 g/mol. The van der Waals surface area contributed by atoms with Crippen molar-refractivity contribution >= 4 is 26.0 Å². The maximum atomic E-state index is 12.2. The predicted octanol–water partition coefficient (Wildman–Crippen LogP) is 0.961. The Bertz CT molecular complexity index is 513. The fourth-order valence-electron chi connectivity index (χ4n) is 1.91. The van der Waals surface area contributed by atoms with Gasteiger partial charge in [0.15, 0.2) is 0 Å². The molecule has 0 fully saturated rings. The highest BCUT2D eigenvalue weighted by molar-refractivity contribution is 9.10. The van der Waals surface area contributed by atoms with Crippen LogP contribution < -0.4 is 9.62 Å². The van der Waals surface area contributed by atoms with Crippen molar-refractivity contribution in [3.8, 4) is 0 Å². The summed E-state index contributed by atoms with van der Waals surface area (Å²) in [5.41, 5.74) is 0.755. The van der Waals surface area contributed by atoms with Crippen molar-refractivity contribution < 1.29 is 13.3 Å². The van der Waals surface area contributed by atoms with Gasteiger partial charge in [-0.05, 0) is 38.5 Å². The molecule has 0 radical (unpaired) electrons. The zero-order chi connectivity index (χ0) is 14.5. The average molecular weight is 350 g/mol. The van der Waals surface area contributed by atoms with E-state index in [1.54, 1.807) is 19.1 Å². The van der Waals surface area contributed by atoms with Gasteiger partial charge in [0.05, 0.1) is 31.1 Å². The summed E-state index contributed by atoms with van der Waals surface area (Å²) in [5.74, 6) is 0. The van der Waals surface area contributed by atoms with E-state index in [0.29, 0.717) is 11.4 Å². The van der Waals surface area contributed by atoms with E-state index in [9.17, 15) is 8.42 Å². The summed E-state index contributed by atoms with van der Waals surface area (Å²) < 4.78 is 27.9. The van der Waals surface area contributed by atoms with Crippen LogP contribution >= 0.6 is 15.9 Å². The van der Waals surface area contributed by atoms with Gasteiger partial charge in [0.1, 0.15) is 0 Å². The second-order valence-electron chi connectivity index (χ2n) is 4.51. The number of halogens is 1. The molecule has 0 aromatic heterocycles. The molecule has 0 aliphatic carbocycles. The Morgan fingerprint density at radius 2 is 1.89 bits per heavy atom. The van der Waals surface area contributed by atoms with Crippen molar-refractivity contribution in [3.63, 3.8) is 0 Å². The van der Waals surface area contributed by atoms with Crippen LogP contribution in [0.4, 0.5) is 0 Å². The van der Waals surface area contributed by atoms with E-state index in [2.05, 4.69) is 34.5 Å². The second-order valence-corrected chi connectivity index (χ2v) is 7.17. The lowest BCUT2D eigenvalue weighted by atomic mass is 10.2. The number of benzene rings is 1. The van der Waals surface area contributed by atoms with Crippen LogP contribution in [0.5, 0.6) is 0 Å². The van der Waals surface area contributed by atoms with E-state index >= 15 is 0 Å². The molecule has 4 nitrogen and oxygen atoms in total. The lowest BCUT2D eigenvalue weighted by Gasteiger charge is -2.16. The molecule has 108 valence electrons. The Morgan fingerprint density at radius 3 is 2.47 bits per heavy atom. The van der Waals surface area contributed by atoms with Crippen molar-refractivity contribution in [2.24, 2.45) is 0 Å². The Morgan fingerprint density at radius 1 is 1.26 bits per heavy atom. The Labute approximate surface area is 124 Å². The Kier molecular flexibility index (Phi) is 6.46. The highest BCUT2D eigenvalue weighted by Crippen LogP contribution is 2.20. The lowest BCUT2D eigenvalue weighted by molar-refractivity contribution is -0.895. The monoisotopic (exact) mass is 349 g/mol. The van der Waals surface area contributed by atoms with E-state index in [0.717, 1.165) is 29.7 Å². The zero-order valence-electron chi connectivity index (χ0n) is 11.7. The molecule has 0 bridgehead atoms. The molecule has 1 rings (SSSR count). The smallest absolute Gasteiger partial charge is 0.241 e. The van der Waals surface area contributed by atoms with Gasteiger partial charge >= 0.3 is 0 Å². The van der Waals surface area contributed by atoms with Crippen molar-refractivity contribution in [2.45, 2.75) is 25.7 Å². The van der Waals surface area contributed by atoms with Crippen LogP contribution in [-0.4, -0.2) is 34.6 Å².